The summed E-state index contributed by atoms with van der Waals surface area (Å²) in [5.74, 6) is 0. The second-order valence-corrected chi connectivity index (χ2v) is 2.69. The molecule has 0 aliphatic heterocycles. The van der Waals surface area contributed by atoms with Gasteiger partial charge in [-0.05, 0) is 26.1 Å². The molecule has 0 aromatic rings. The molecule has 0 aliphatic rings. The molecule has 0 aromatic carbocycles. The van der Waals surface area contributed by atoms with Crippen LogP contribution in [0.1, 0.15) is 20.8 Å². The van der Waals surface area contributed by atoms with Gasteiger partial charge in [0.2, 0.25) is 0 Å². The zero-order valence-corrected chi connectivity index (χ0v) is 7.51. The molecular weight excluding hydrogens is 146 g/mol. The third-order valence-corrected chi connectivity index (χ3v) is 1.02. The van der Waals surface area contributed by atoms with Crippen LogP contribution in [0.2, 0.25) is 0 Å². The highest BCUT2D eigenvalue weighted by Crippen LogP contribution is 1.74. The Morgan fingerprint density at radius 1 is 1.50 bits per heavy atom. The van der Waals surface area contributed by atoms with E-state index in [2.05, 4.69) is 16.2 Å². The predicted octanol–water partition coefficient (Wildman–Crippen LogP) is 0.383. The second-order valence-electron chi connectivity index (χ2n) is 2.28. The van der Waals surface area contributed by atoms with Crippen molar-refractivity contribution >= 4 is 17.3 Å². The van der Waals surface area contributed by atoms with Crippen LogP contribution >= 0.6 is 12.2 Å². The van der Waals surface area contributed by atoms with Crippen LogP contribution in [0.15, 0.2) is 0 Å². The van der Waals surface area contributed by atoms with E-state index in [-0.39, 0.29) is 0 Å². The fraction of sp³-hybridized carbons (Fsp3) is 0.833. The minimum absolute atomic E-state index is 0.388. The molecule has 3 N–H and O–H groups in total. The molecule has 0 bridgehead atoms. The summed E-state index contributed by atoms with van der Waals surface area (Å²) in [5, 5.41) is 3.69. The third-order valence-electron chi connectivity index (χ3n) is 0.798. The van der Waals surface area contributed by atoms with Crippen molar-refractivity contribution in [3.05, 3.63) is 0 Å². The van der Waals surface area contributed by atoms with Gasteiger partial charge in [0.1, 0.15) is 0 Å². The summed E-state index contributed by atoms with van der Waals surface area (Å²) in [7, 11) is 0. The molecule has 0 aliphatic carbocycles. The zero-order chi connectivity index (χ0) is 7.98. The van der Waals surface area contributed by atoms with Crippen molar-refractivity contribution in [2.24, 2.45) is 0 Å². The van der Waals surface area contributed by atoms with E-state index in [1.54, 1.807) is 0 Å². The Kier molecular flexibility index (Phi) is 5.25. The van der Waals surface area contributed by atoms with Crippen LogP contribution in [0.4, 0.5) is 0 Å². The van der Waals surface area contributed by atoms with Crippen molar-refractivity contribution in [1.82, 2.24) is 16.2 Å². The van der Waals surface area contributed by atoms with Gasteiger partial charge < -0.3 is 5.32 Å². The predicted molar refractivity (Wildman–Crippen MR) is 47.7 cm³/mol. The molecular formula is C6H15N3S. The molecule has 0 saturated carbocycles. The fourth-order valence-corrected chi connectivity index (χ4v) is 0.775. The molecule has 0 spiro atoms. The maximum Gasteiger partial charge on any atom is 0.181 e. The standard InChI is InChI=1S/C6H15N3S/c1-4-7-9-6(10)8-5(2)3/h5,7H,4H2,1-3H3,(H2,8,9,10). The van der Waals surface area contributed by atoms with Crippen molar-refractivity contribution in [1.29, 1.82) is 0 Å². The Balaban J connectivity index is 3.26. The number of thiocarbonyl (C=S) groups is 1. The van der Waals surface area contributed by atoms with Gasteiger partial charge in [-0.3, -0.25) is 5.43 Å². The first kappa shape index (κ1) is 9.65. The lowest BCUT2D eigenvalue weighted by Crippen LogP contribution is -2.46. The lowest BCUT2D eigenvalue weighted by molar-refractivity contribution is 0.645. The Morgan fingerprint density at radius 3 is 2.50 bits per heavy atom. The Labute approximate surface area is 67.5 Å². The van der Waals surface area contributed by atoms with Crippen LogP contribution in [0.3, 0.4) is 0 Å². The van der Waals surface area contributed by atoms with E-state index >= 15 is 0 Å². The molecule has 60 valence electrons. The first-order valence-electron chi connectivity index (χ1n) is 3.46. The lowest BCUT2D eigenvalue weighted by atomic mass is 10.4. The molecule has 0 rings (SSSR count). The average Bonchev–Trinajstić information content (AvgIpc) is 1.82. The van der Waals surface area contributed by atoms with Crippen LogP contribution in [0.5, 0.6) is 0 Å². The van der Waals surface area contributed by atoms with Crippen LogP contribution in [0.25, 0.3) is 0 Å². The number of hydrazine groups is 1. The van der Waals surface area contributed by atoms with E-state index in [1.807, 2.05) is 20.8 Å². The molecule has 0 radical (unpaired) electrons. The topological polar surface area (TPSA) is 36.1 Å². The maximum absolute atomic E-state index is 4.91. The quantitative estimate of drug-likeness (QED) is 0.413. The van der Waals surface area contributed by atoms with E-state index in [1.165, 1.54) is 0 Å². The molecule has 0 aromatic heterocycles. The average molecular weight is 161 g/mol. The summed E-state index contributed by atoms with van der Waals surface area (Å²) in [5.41, 5.74) is 5.73. The summed E-state index contributed by atoms with van der Waals surface area (Å²) < 4.78 is 0. The van der Waals surface area contributed by atoms with Crippen LogP contribution < -0.4 is 16.2 Å². The molecule has 0 fully saturated rings. The van der Waals surface area contributed by atoms with E-state index in [4.69, 9.17) is 12.2 Å². The van der Waals surface area contributed by atoms with Gasteiger partial charge in [-0.15, -0.1) is 0 Å². The van der Waals surface area contributed by atoms with E-state index in [0.29, 0.717) is 11.2 Å². The van der Waals surface area contributed by atoms with Gasteiger partial charge in [-0.25, -0.2) is 5.43 Å². The van der Waals surface area contributed by atoms with Crippen molar-refractivity contribution in [2.45, 2.75) is 26.8 Å². The maximum atomic E-state index is 4.91. The summed E-state index contributed by atoms with van der Waals surface area (Å²) in [6, 6.07) is 0.388. The SMILES string of the molecule is CCNNC(=S)NC(C)C. The Hall–Kier alpha value is -0.350. The number of hydrogen-bond acceptors (Lipinski definition) is 2. The molecule has 3 nitrogen and oxygen atoms in total. The van der Waals surface area contributed by atoms with Gasteiger partial charge in [0.15, 0.2) is 5.11 Å². The van der Waals surface area contributed by atoms with Gasteiger partial charge in [-0.2, -0.15) is 0 Å². The normalized spacial score (nSPS) is 9.60. The smallest absolute Gasteiger partial charge is 0.181 e. The molecule has 0 saturated heterocycles. The van der Waals surface area contributed by atoms with Crippen molar-refractivity contribution in [2.75, 3.05) is 6.54 Å². The van der Waals surface area contributed by atoms with Gasteiger partial charge in [0.05, 0.1) is 0 Å². The fourth-order valence-electron chi connectivity index (χ4n) is 0.467. The van der Waals surface area contributed by atoms with Crippen LogP contribution in [-0.2, 0) is 0 Å². The first-order chi connectivity index (χ1) is 4.66. The minimum Gasteiger partial charge on any atom is -0.359 e. The second kappa shape index (κ2) is 5.44. The molecule has 0 heterocycles. The molecule has 0 atom stereocenters. The number of rotatable bonds is 3. The van der Waals surface area contributed by atoms with E-state index < -0.39 is 0 Å². The molecule has 0 amide bonds. The lowest BCUT2D eigenvalue weighted by Gasteiger charge is -2.12. The van der Waals surface area contributed by atoms with Gasteiger partial charge in [0.25, 0.3) is 0 Å². The summed E-state index contributed by atoms with van der Waals surface area (Å²) in [4.78, 5) is 0. The highest BCUT2D eigenvalue weighted by molar-refractivity contribution is 7.80. The summed E-state index contributed by atoms with van der Waals surface area (Å²) in [6.45, 7) is 6.95. The number of hydrogen-bond donors (Lipinski definition) is 3. The van der Waals surface area contributed by atoms with Crippen LogP contribution in [0, 0.1) is 0 Å². The third kappa shape index (κ3) is 5.78. The first-order valence-corrected chi connectivity index (χ1v) is 3.87. The summed E-state index contributed by atoms with van der Waals surface area (Å²) in [6.07, 6.45) is 0. The van der Waals surface area contributed by atoms with Crippen molar-refractivity contribution in [3.63, 3.8) is 0 Å². The van der Waals surface area contributed by atoms with Crippen molar-refractivity contribution in [3.8, 4) is 0 Å². The number of nitrogens with one attached hydrogen (secondary N) is 3. The molecule has 4 heteroatoms. The van der Waals surface area contributed by atoms with Gasteiger partial charge >= 0.3 is 0 Å². The monoisotopic (exact) mass is 161 g/mol. The van der Waals surface area contributed by atoms with Crippen molar-refractivity contribution < 1.29 is 0 Å². The minimum atomic E-state index is 0.388. The van der Waals surface area contributed by atoms with Crippen LogP contribution in [-0.4, -0.2) is 17.7 Å². The zero-order valence-electron chi connectivity index (χ0n) is 6.69. The Morgan fingerprint density at radius 2 is 2.10 bits per heavy atom. The molecule has 0 unspecified atom stereocenters. The largest absolute Gasteiger partial charge is 0.359 e. The highest BCUT2D eigenvalue weighted by Gasteiger charge is 1.94. The van der Waals surface area contributed by atoms with E-state index in [0.717, 1.165) is 6.54 Å². The Bertz CT molecular complexity index is 103. The summed E-state index contributed by atoms with van der Waals surface area (Å²) >= 11 is 4.91. The molecule has 10 heavy (non-hydrogen) atoms. The highest BCUT2D eigenvalue weighted by atomic mass is 32.1. The van der Waals surface area contributed by atoms with Gasteiger partial charge in [0, 0.05) is 12.6 Å². The van der Waals surface area contributed by atoms with Gasteiger partial charge in [-0.1, -0.05) is 6.92 Å². The van der Waals surface area contributed by atoms with E-state index in [9.17, 15) is 0 Å².